The summed E-state index contributed by atoms with van der Waals surface area (Å²) in [5, 5.41) is 2.62. The minimum absolute atomic E-state index is 0.0167. The molecular weight excluding hydrogens is 578 g/mol. The third-order valence-corrected chi connectivity index (χ3v) is 6.77. The van der Waals surface area contributed by atoms with E-state index in [1.165, 1.54) is 40.2 Å². The van der Waals surface area contributed by atoms with Gasteiger partial charge in [-0.05, 0) is 74.4 Å². The van der Waals surface area contributed by atoms with Crippen LogP contribution in [0, 0.1) is 6.92 Å². The Morgan fingerprint density at radius 2 is 1.29 bits per heavy atom. The largest absolute Gasteiger partial charge is 0.493 e. The molecule has 11 nitrogen and oxygen atoms in total. The summed E-state index contributed by atoms with van der Waals surface area (Å²) in [5.74, 6) is 1.18. The van der Waals surface area contributed by atoms with E-state index < -0.39 is 6.09 Å². The number of methoxy groups -OCH3 is 2. The predicted molar refractivity (Wildman–Crippen MR) is 168 cm³/mol. The van der Waals surface area contributed by atoms with Gasteiger partial charge >= 0.3 is 6.09 Å². The number of carbonyl (C=O) groups is 3. The maximum absolute atomic E-state index is 12.6. The van der Waals surface area contributed by atoms with E-state index in [9.17, 15) is 14.4 Å². The van der Waals surface area contributed by atoms with E-state index in [0.29, 0.717) is 39.9 Å². The number of aromatic nitrogens is 1. The van der Waals surface area contributed by atoms with Gasteiger partial charge in [0.1, 0.15) is 19.8 Å². The molecule has 0 spiro atoms. The molecule has 0 aliphatic carbocycles. The second-order valence-corrected chi connectivity index (χ2v) is 10.1. The van der Waals surface area contributed by atoms with E-state index in [4.69, 9.17) is 29.4 Å². The van der Waals surface area contributed by atoms with E-state index in [2.05, 4.69) is 10.3 Å². The summed E-state index contributed by atoms with van der Waals surface area (Å²) >= 11 is 0. The molecule has 4 aromatic rings. The lowest BCUT2D eigenvalue weighted by atomic mass is 10.0. The molecule has 1 amide bonds. The monoisotopic (exact) mass is 613 g/mol. The van der Waals surface area contributed by atoms with Gasteiger partial charge in [-0.15, -0.1) is 0 Å². The average molecular weight is 614 g/mol. The summed E-state index contributed by atoms with van der Waals surface area (Å²) in [6.07, 6.45) is -0.748. The van der Waals surface area contributed by atoms with Gasteiger partial charge in [0.25, 0.3) is 0 Å². The van der Waals surface area contributed by atoms with Gasteiger partial charge in [-0.1, -0.05) is 18.2 Å². The fourth-order valence-corrected chi connectivity index (χ4v) is 4.44. The van der Waals surface area contributed by atoms with Crippen LogP contribution in [-0.4, -0.2) is 36.9 Å². The smallest absolute Gasteiger partial charge is 0.411 e. The summed E-state index contributed by atoms with van der Waals surface area (Å²) in [6, 6.07) is 18.8. The number of anilines is 2. The highest BCUT2D eigenvalue weighted by molar-refractivity contribution is 6.03. The van der Waals surface area contributed by atoms with Gasteiger partial charge in [-0.3, -0.25) is 19.9 Å². The second kappa shape index (κ2) is 14.7. The number of Topliss-reactive ketones (excluding diaryl/α,β-unsaturated/α-hetero) is 2. The molecule has 3 aromatic carbocycles. The molecule has 234 valence electrons. The molecule has 0 radical (unpaired) electrons. The topological polar surface area (TPSA) is 148 Å². The minimum Gasteiger partial charge on any atom is -0.493 e. The van der Waals surface area contributed by atoms with Gasteiger partial charge in [0.2, 0.25) is 0 Å². The van der Waals surface area contributed by atoms with Crippen molar-refractivity contribution in [3.63, 3.8) is 0 Å². The van der Waals surface area contributed by atoms with Gasteiger partial charge in [-0.25, -0.2) is 4.79 Å². The molecule has 4 rings (SSSR count). The standard InChI is InChI=1S/C34H35N3O8/c1-20-13-32(30(41-4)14-27(20)21(2)38)43-18-25-7-6-8-26(36-25)19-44-33-16-29(28(22(3)39)15-31(33)42-5)37-34(40)45-17-23-9-11-24(35)12-10-23/h6-16H,17-19,35H2,1-5H3,(H,37,40). The van der Waals surface area contributed by atoms with Gasteiger partial charge in [0, 0.05) is 22.9 Å². The molecule has 0 saturated carbocycles. The van der Waals surface area contributed by atoms with Crippen molar-refractivity contribution in [2.24, 2.45) is 0 Å². The maximum atomic E-state index is 12.6. The quantitative estimate of drug-likeness (QED) is 0.130. The average Bonchev–Trinajstić information content (AvgIpc) is 3.02. The second-order valence-electron chi connectivity index (χ2n) is 10.1. The Morgan fingerprint density at radius 1 is 0.733 bits per heavy atom. The zero-order chi connectivity index (χ0) is 32.5. The van der Waals surface area contributed by atoms with Crippen LogP contribution >= 0.6 is 0 Å². The van der Waals surface area contributed by atoms with E-state index in [1.54, 1.807) is 42.5 Å². The number of hydrogen-bond donors (Lipinski definition) is 2. The van der Waals surface area contributed by atoms with Crippen LogP contribution in [-0.2, 0) is 24.6 Å². The van der Waals surface area contributed by atoms with Crippen LogP contribution in [0.1, 0.15) is 57.1 Å². The first-order valence-electron chi connectivity index (χ1n) is 14.0. The normalized spacial score (nSPS) is 10.5. The Bertz CT molecular complexity index is 1700. The fraction of sp³-hybridized carbons (Fsp3) is 0.235. The van der Waals surface area contributed by atoms with Gasteiger partial charge in [0.15, 0.2) is 34.6 Å². The number of ether oxygens (including phenoxy) is 5. The maximum Gasteiger partial charge on any atom is 0.411 e. The lowest BCUT2D eigenvalue weighted by Gasteiger charge is -2.16. The molecule has 0 aliphatic heterocycles. The number of hydrogen-bond acceptors (Lipinski definition) is 10. The fourth-order valence-electron chi connectivity index (χ4n) is 4.44. The number of rotatable bonds is 13. The van der Waals surface area contributed by atoms with Gasteiger partial charge in [0.05, 0.1) is 31.3 Å². The lowest BCUT2D eigenvalue weighted by molar-refractivity contribution is 0.100. The Morgan fingerprint density at radius 3 is 1.84 bits per heavy atom. The molecule has 0 atom stereocenters. The lowest BCUT2D eigenvalue weighted by Crippen LogP contribution is -2.16. The highest BCUT2D eigenvalue weighted by Crippen LogP contribution is 2.35. The van der Waals surface area contributed by atoms with Crippen LogP contribution < -0.4 is 30.0 Å². The number of nitrogens with zero attached hydrogens (tertiary/aromatic N) is 1. The van der Waals surface area contributed by atoms with Crippen molar-refractivity contribution in [2.75, 3.05) is 25.3 Å². The predicted octanol–water partition coefficient (Wildman–Crippen LogP) is 6.30. The Hall–Kier alpha value is -5.58. The molecule has 1 aromatic heterocycles. The number of nitrogen functional groups attached to an aromatic ring is 1. The number of amides is 1. The number of nitrogens with one attached hydrogen (secondary N) is 1. The Balaban J connectivity index is 1.45. The zero-order valence-electron chi connectivity index (χ0n) is 25.8. The molecule has 45 heavy (non-hydrogen) atoms. The van der Waals surface area contributed by atoms with Crippen molar-refractivity contribution in [3.8, 4) is 23.0 Å². The first-order valence-corrected chi connectivity index (χ1v) is 14.0. The zero-order valence-corrected chi connectivity index (χ0v) is 25.8. The summed E-state index contributed by atoms with van der Waals surface area (Å²) in [7, 11) is 2.97. The molecule has 1 heterocycles. The van der Waals surface area contributed by atoms with E-state index >= 15 is 0 Å². The number of pyridine rings is 1. The van der Waals surface area contributed by atoms with Gasteiger partial charge in [-0.2, -0.15) is 0 Å². The molecule has 0 aliphatic rings. The highest BCUT2D eigenvalue weighted by atomic mass is 16.5. The van der Waals surface area contributed by atoms with Crippen LogP contribution in [0.15, 0.2) is 66.7 Å². The van der Waals surface area contributed by atoms with Crippen molar-refractivity contribution < 1.29 is 38.1 Å². The minimum atomic E-state index is -0.748. The molecule has 0 saturated heterocycles. The number of aryl methyl sites for hydroxylation is 1. The molecular formula is C34H35N3O8. The number of ketones is 2. The summed E-state index contributed by atoms with van der Waals surface area (Å²) in [5.41, 5.74) is 10.1. The van der Waals surface area contributed by atoms with Crippen molar-refractivity contribution >= 4 is 29.0 Å². The molecule has 0 bridgehead atoms. The number of carbonyl (C=O) groups excluding carboxylic acids is 3. The third-order valence-electron chi connectivity index (χ3n) is 6.77. The summed E-state index contributed by atoms with van der Waals surface area (Å²) in [4.78, 5) is 41.5. The van der Waals surface area contributed by atoms with Gasteiger partial charge < -0.3 is 29.4 Å². The van der Waals surface area contributed by atoms with E-state index in [1.807, 2.05) is 19.1 Å². The van der Waals surface area contributed by atoms with Crippen LogP contribution in [0.3, 0.4) is 0 Å². The molecule has 3 N–H and O–H groups in total. The Labute approximate surface area is 261 Å². The Kier molecular flexibility index (Phi) is 10.6. The van der Waals surface area contributed by atoms with Crippen LogP contribution in [0.5, 0.6) is 23.0 Å². The van der Waals surface area contributed by atoms with Crippen molar-refractivity contribution in [1.29, 1.82) is 0 Å². The van der Waals surface area contributed by atoms with Crippen molar-refractivity contribution in [2.45, 2.75) is 40.6 Å². The van der Waals surface area contributed by atoms with Crippen LogP contribution in [0.25, 0.3) is 0 Å². The van der Waals surface area contributed by atoms with Crippen LogP contribution in [0.4, 0.5) is 16.2 Å². The molecule has 0 fully saturated rings. The first-order chi connectivity index (χ1) is 21.6. The SMILES string of the molecule is COc1cc(C(C)=O)c(C)cc1OCc1cccc(COc2cc(NC(=O)OCc3ccc(N)cc3)c(C(C)=O)cc2OC)n1. The van der Waals surface area contributed by atoms with Crippen LogP contribution in [0.2, 0.25) is 0 Å². The summed E-state index contributed by atoms with van der Waals surface area (Å²) < 4.78 is 28.2. The number of nitrogens with two attached hydrogens (primary N) is 1. The molecule has 0 unspecified atom stereocenters. The van der Waals surface area contributed by atoms with Crippen molar-refractivity contribution in [1.82, 2.24) is 4.98 Å². The first kappa shape index (κ1) is 32.3. The van der Waals surface area contributed by atoms with E-state index in [0.717, 1.165) is 11.1 Å². The molecule has 11 heteroatoms. The highest BCUT2D eigenvalue weighted by Gasteiger charge is 2.18. The summed E-state index contributed by atoms with van der Waals surface area (Å²) in [6.45, 7) is 4.94. The third kappa shape index (κ3) is 8.50. The number of benzene rings is 3. The van der Waals surface area contributed by atoms with Crippen molar-refractivity contribution in [3.05, 3.63) is 100 Å². The van der Waals surface area contributed by atoms with E-state index in [-0.39, 0.29) is 48.4 Å².